The topological polar surface area (TPSA) is 72.1 Å². The van der Waals surface area contributed by atoms with E-state index >= 15 is 0 Å². The summed E-state index contributed by atoms with van der Waals surface area (Å²) < 4.78 is 10.6. The fourth-order valence-electron chi connectivity index (χ4n) is 2.83. The van der Waals surface area contributed by atoms with Crippen molar-refractivity contribution in [3.05, 3.63) is 23.8 Å². The molecule has 0 atom stereocenters. The summed E-state index contributed by atoms with van der Waals surface area (Å²) in [5.41, 5.74) is 7.11. The van der Waals surface area contributed by atoms with Crippen LogP contribution in [0.3, 0.4) is 0 Å². The molecule has 0 heterocycles. The second-order valence-electron chi connectivity index (χ2n) is 6.56. The highest BCUT2D eigenvalue weighted by molar-refractivity contribution is 5.77. The van der Waals surface area contributed by atoms with Gasteiger partial charge in [-0.25, -0.2) is 0 Å². The molecule has 1 aromatic rings. The van der Waals surface area contributed by atoms with E-state index in [-0.39, 0.29) is 0 Å². The quantitative estimate of drug-likeness (QED) is 0.500. The van der Waals surface area contributed by atoms with E-state index in [1.54, 1.807) is 14.2 Å². The van der Waals surface area contributed by atoms with Gasteiger partial charge in [0.2, 0.25) is 0 Å². The monoisotopic (exact) mass is 350 g/mol. The van der Waals surface area contributed by atoms with Crippen molar-refractivity contribution in [1.82, 2.24) is 10.2 Å². The van der Waals surface area contributed by atoms with E-state index in [1.165, 1.54) is 0 Å². The molecule has 0 amide bonds. The molecule has 0 aromatic heterocycles. The minimum atomic E-state index is 0.493. The molecule has 1 aromatic carbocycles. The highest BCUT2D eigenvalue weighted by Crippen LogP contribution is 2.27. The number of ether oxygens (including phenoxy) is 2. The molecule has 0 aliphatic rings. The van der Waals surface area contributed by atoms with Crippen molar-refractivity contribution in [2.75, 3.05) is 33.9 Å². The molecule has 0 radical (unpaired) electrons. The van der Waals surface area contributed by atoms with E-state index in [9.17, 15) is 0 Å². The number of hydrogen-bond donors (Lipinski definition) is 2. The number of nitrogens with one attached hydrogen (secondary N) is 1. The maximum absolute atomic E-state index is 5.95. The van der Waals surface area contributed by atoms with Crippen molar-refractivity contribution >= 4 is 5.96 Å². The first-order chi connectivity index (χ1) is 11.9. The molecule has 25 heavy (non-hydrogen) atoms. The molecule has 0 aliphatic heterocycles. The fraction of sp³-hybridized carbons (Fsp3) is 0.632. The summed E-state index contributed by atoms with van der Waals surface area (Å²) in [4.78, 5) is 6.82. The maximum Gasteiger partial charge on any atom is 0.188 e. The van der Waals surface area contributed by atoms with Gasteiger partial charge in [-0.1, -0.05) is 6.07 Å². The van der Waals surface area contributed by atoms with Gasteiger partial charge in [0.05, 0.1) is 20.8 Å². The Bertz CT molecular complexity index is 536. The number of rotatable bonds is 10. The largest absolute Gasteiger partial charge is 0.493 e. The van der Waals surface area contributed by atoms with E-state index in [0.717, 1.165) is 36.6 Å². The molecule has 0 spiro atoms. The molecule has 0 aliphatic carbocycles. The van der Waals surface area contributed by atoms with Crippen LogP contribution in [0.5, 0.6) is 11.5 Å². The third-order valence-corrected chi connectivity index (χ3v) is 4.13. The van der Waals surface area contributed by atoms with Crippen LogP contribution < -0.4 is 20.5 Å². The average molecular weight is 351 g/mol. The number of aliphatic imine (C=N–C) groups is 1. The van der Waals surface area contributed by atoms with Crippen molar-refractivity contribution in [3.63, 3.8) is 0 Å². The van der Waals surface area contributed by atoms with Crippen molar-refractivity contribution < 1.29 is 9.47 Å². The summed E-state index contributed by atoms with van der Waals surface area (Å²) in [5, 5.41) is 3.17. The predicted molar refractivity (Wildman–Crippen MR) is 105 cm³/mol. The van der Waals surface area contributed by atoms with Gasteiger partial charge >= 0.3 is 0 Å². The molecule has 0 fully saturated rings. The van der Waals surface area contributed by atoms with E-state index in [4.69, 9.17) is 15.2 Å². The lowest BCUT2D eigenvalue weighted by atomic mass is 10.1. The molecule has 0 saturated carbocycles. The van der Waals surface area contributed by atoms with Crippen LogP contribution in [0.25, 0.3) is 0 Å². The molecule has 0 saturated heterocycles. The van der Waals surface area contributed by atoms with Gasteiger partial charge in [0.1, 0.15) is 0 Å². The van der Waals surface area contributed by atoms with Gasteiger partial charge in [-0.3, -0.25) is 9.89 Å². The Morgan fingerprint density at radius 1 is 1.12 bits per heavy atom. The van der Waals surface area contributed by atoms with E-state index in [0.29, 0.717) is 24.6 Å². The minimum absolute atomic E-state index is 0.493. The van der Waals surface area contributed by atoms with Gasteiger partial charge in [-0.2, -0.15) is 0 Å². The number of methoxy groups -OCH3 is 2. The standard InChI is InChI=1S/C19H34N4O2/c1-14(2)23(15(3)4)12-11-22-19(20)21-10-9-16-7-8-17(24-5)18(13-16)25-6/h7-8,13-15H,9-12H2,1-6H3,(H3,20,21,22). The van der Waals surface area contributed by atoms with Crippen LogP contribution in [0.1, 0.15) is 33.3 Å². The summed E-state index contributed by atoms with van der Waals surface area (Å²) in [6.45, 7) is 11.1. The third kappa shape index (κ3) is 7.22. The highest BCUT2D eigenvalue weighted by atomic mass is 16.5. The number of nitrogens with zero attached hydrogens (tertiary/aromatic N) is 2. The average Bonchev–Trinajstić information content (AvgIpc) is 2.57. The smallest absolute Gasteiger partial charge is 0.188 e. The molecule has 3 N–H and O–H groups in total. The number of hydrogen-bond acceptors (Lipinski definition) is 4. The van der Waals surface area contributed by atoms with Crippen LogP contribution in [-0.2, 0) is 6.42 Å². The first kappa shape index (κ1) is 21.1. The Balaban J connectivity index is 2.42. The SMILES string of the molecule is COc1ccc(CCNC(N)=NCCN(C(C)C)C(C)C)cc1OC. The van der Waals surface area contributed by atoms with Gasteiger partial charge in [0.25, 0.3) is 0 Å². The molecule has 6 heteroatoms. The molecule has 142 valence electrons. The number of nitrogens with two attached hydrogens (primary N) is 1. The molecule has 1 rings (SSSR count). The van der Waals surface area contributed by atoms with Crippen molar-refractivity contribution in [2.24, 2.45) is 10.7 Å². The minimum Gasteiger partial charge on any atom is -0.493 e. The Labute approximate surface area is 152 Å². The van der Waals surface area contributed by atoms with Gasteiger partial charge in [0, 0.05) is 25.2 Å². The van der Waals surface area contributed by atoms with Crippen LogP contribution in [0.15, 0.2) is 23.2 Å². The van der Waals surface area contributed by atoms with E-state index in [1.807, 2.05) is 18.2 Å². The Kier molecular flexibility index (Phi) is 9.13. The zero-order chi connectivity index (χ0) is 18.8. The zero-order valence-corrected chi connectivity index (χ0v) is 16.5. The lowest BCUT2D eigenvalue weighted by molar-refractivity contribution is 0.181. The van der Waals surface area contributed by atoms with Crippen LogP contribution >= 0.6 is 0 Å². The first-order valence-electron chi connectivity index (χ1n) is 8.89. The summed E-state index contributed by atoms with van der Waals surface area (Å²) in [7, 11) is 3.28. The first-order valence-corrected chi connectivity index (χ1v) is 8.89. The molecular weight excluding hydrogens is 316 g/mol. The van der Waals surface area contributed by atoms with E-state index in [2.05, 4.69) is 42.9 Å². The van der Waals surface area contributed by atoms with Crippen LogP contribution in [0, 0.1) is 0 Å². The number of benzene rings is 1. The Morgan fingerprint density at radius 3 is 2.32 bits per heavy atom. The summed E-state index contributed by atoms with van der Waals surface area (Å²) >= 11 is 0. The summed E-state index contributed by atoms with van der Waals surface area (Å²) in [6, 6.07) is 6.94. The van der Waals surface area contributed by atoms with Crippen LogP contribution in [0.4, 0.5) is 0 Å². The second-order valence-corrected chi connectivity index (χ2v) is 6.56. The lowest BCUT2D eigenvalue weighted by Gasteiger charge is -2.29. The summed E-state index contributed by atoms with van der Waals surface area (Å²) in [6.07, 6.45) is 0.834. The zero-order valence-electron chi connectivity index (χ0n) is 16.5. The molecular formula is C19H34N4O2. The Hall–Kier alpha value is -1.95. The van der Waals surface area contributed by atoms with Gasteiger partial charge in [-0.05, 0) is 51.8 Å². The van der Waals surface area contributed by atoms with Crippen LogP contribution in [0.2, 0.25) is 0 Å². The van der Waals surface area contributed by atoms with Crippen molar-refractivity contribution in [2.45, 2.75) is 46.2 Å². The molecule has 0 unspecified atom stereocenters. The summed E-state index contributed by atoms with van der Waals surface area (Å²) in [5.74, 6) is 1.97. The molecule has 0 bridgehead atoms. The lowest BCUT2D eigenvalue weighted by Crippen LogP contribution is -2.39. The fourth-order valence-corrected chi connectivity index (χ4v) is 2.83. The highest BCUT2D eigenvalue weighted by Gasteiger charge is 2.12. The van der Waals surface area contributed by atoms with E-state index < -0.39 is 0 Å². The van der Waals surface area contributed by atoms with Gasteiger partial charge in [-0.15, -0.1) is 0 Å². The molecule has 6 nitrogen and oxygen atoms in total. The van der Waals surface area contributed by atoms with Crippen molar-refractivity contribution in [3.8, 4) is 11.5 Å². The Morgan fingerprint density at radius 2 is 1.76 bits per heavy atom. The van der Waals surface area contributed by atoms with Gasteiger partial charge in [0.15, 0.2) is 17.5 Å². The van der Waals surface area contributed by atoms with Crippen LogP contribution in [-0.4, -0.2) is 56.8 Å². The third-order valence-electron chi connectivity index (χ3n) is 4.13. The predicted octanol–water partition coefficient (Wildman–Crippen LogP) is 2.27. The number of guanidine groups is 1. The van der Waals surface area contributed by atoms with Gasteiger partial charge < -0.3 is 20.5 Å². The maximum atomic E-state index is 5.95. The normalized spacial score (nSPS) is 12.1. The van der Waals surface area contributed by atoms with Crippen molar-refractivity contribution in [1.29, 1.82) is 0 Å². The second kappa shape index (κ2) is 10.8.